The Morgan fingerprint density at radius 1 is 1.24 bits per heavy atom. The third kappa shape index (κ3) is 5.61. The molecule has 25 heavy (non-hydrogen) atoms. The highest BCUT2D eigenvalue weighted by Gasteiger charge is 2.22. The van der Waals surface area contributed by atoms with Crippen LogP contribution in [0, 0.1) is 0 Å². The summed E-state index contributed by atoms with van der Waals surface area (Å²) < 4.78 is 26.6. The van der Waals surface area contributed by atoms with Crippen molar-refractivity contribution in [2.24, 2.45) is 0 Å². The second-order valence-corrected chi connectivity index (χ2v) is 7.25. The average Bonchev–Trinajstić information content (AvgIpc) is 2.56. The SMILES string of the molecule is CCCCNC(=O)S(=O)(=O)Nc1cnccc1Nc1cccc(Cl)c1. The molecule has 0 aliphatic rings. The summed E-state index contributed by atoms with van der Waals surface area (Å²) in [5, 5.41) is 4.88. The molecule has 0 aliphatic heterocycles. The molecule has 0 aliphatic carbocycles. The number of benzene rings is 1. The molecule has 0 fully saturated rings. The monoisotopic (exact) mass is 382 g/mol. The van der Waals surface area contributed by atoms with Gasteiger partial charge in [0.05, 0.1) is 17.6 Å². The molecule has 0 bridgehead atoms. The van der Waals surface area contributed by atoms with Crippen LogP contribution in [0.4, 0.5) is 21.9 Å². The summed E-state index contributed by atoms with van der Waals surface area (Å²) >= 11 is 5.94. The second-order valence-electron chi connectivity index (χ2n) is 5.23. The van der Waals surface area contributed by atoms with Gasteiger partial charge in [-0.1, -0.05) is 31.0 Å². The van der Waals surface area contributed by atoms with Crippen LogP contribution in [0.25, 0.3) is 0 Å². The van der Waals surface area contributed by atoms with Gasteiger partial charge in [0.25, 0.3) is 0 Å². The number of aromatic nitrogens is 1. The van der Waals surface area contributed by atoms with Gasteiger partial charge in [-0.25, -0.2) is 0 Å². The molecule has 1 aromatic heterocycles. The molecule has 0 radical (unpaired) electrons. The predicted molar refractivity (Wildman–Crippen MR) is 99.8 cm³/mol. The normalized spacial score (nSPS) is 11.0. The molecule has 7 nitrogen and oxygen atoms in total. The fourth-order valence-corrected chi connectivity index (χ4v) is 2.99. The van der Waals surface area contributed by atoms with E-state index in [2.05, 4.69) is 20.3 Å². The van der Waals surface area contributed by atoms with Crippen LogP contribution < -0.4 is 15.4 Å². The second kappa shape index (κ2) is 8.68. The quantitative estimate of drug-likeness (QED) is 0.633. The van der Waals surface area contributed by atoms with Gasteiger partial charge in [0.2, 0.25) is 0 Å². The van der Waals surface area contributed by atoms with Crippen molar-refractivity contribution in [2.45, 2.75) is 19.8 Å². The molecule has 0 atom stereocenters. The first-order valence-corrected chi connectivity index (χ1v) is 9.55. The molecular weight excluding hydrogens is 364 g/mol. The van der Waals surface area contributed by atoms with Crippen molar-refractivity contribution >= 4 is 43.9 Å². The first-order valence-electron chi connectivity index (χ1n) is 7.69. The molecule has 0 spiro atoms. The molecule has 0 saturated heterocycles. The minimum absolute atomic E-state index is 0.160. The van der Waals surface area contributed by atoms with Crippen molar-refractivity contribution in [3.05, 3.63) is 47.7 Å². The smallest absolute Gasteiger partial charge is 0.354 e. The summed E-state index contributed by atoms with van der Waals surface area (Å²) in [6.07, 6.45) is 4.38. The summed E-state index contributed by atoms with van der Waals surface area (Å²) in [6, 6.07) is 8.55. The standard InChI is InChI=1S/C16H19ClN4O3S/c1-2-3-8-19-16(22)25(23,24)21-15-11-18-9-7-14(15)20-13-6-4-5-12(17)10-13/h4-7,9-11,21H,2-3,8H2,1H3,(H,18,20)(H,19,22). The number of nitrogens with one attached hydrogen (secondary N) is 3. The van der Waals surface area contributed by atoms with Crippen LogP contribution >= 0.6 is 11.6 Å². The Kier molecular flexibility index (Phi) is 6.60. The molecule has 1 aromatic carbocycles. The van der Waals surface area contributed by atoms with E-state index >= 15 is 0 Å². The highest BCUT2D eigenvalue weighted by Crippen LogP contribution is 2.26. The predicted octanol–water partition coefficient (Wildman–Crippen LogP) is 3.73. The van der Waals surface area contributed by atoms with E-state index in [1.54, 1.807) is 30.3 Å². The Morgan fingerprint density at radius 3 is 2.76 bits per heavy atom. The third-order valence-electron chi connectivity index (χ3n) is 3.21. The first-order chi connectivity index (χ1) is 11.9. The Hall–Kier alpha value is -2.32. The number of nitrogens with zero attached hydrogens (tertiary/aromatic N) is 1. The Balaban J connectivity index is 2.16. The van der Waals surface area contributed by atoms with Gasteiger partial charge in [0, 0.05) is 23.5 Å². The van der Waals surface area contributed by atoms with Gasteiger partial charge >= 0.3 is 15.3 Å². The fourth-order valence-electron chi connectivity index (χ4n) is 1.96. The van der Waals surface area contributed by atoms with E-state index in [4.69, 9.17) is 11.6 Å². The van der Waals surface area contributed by atoms with E-state index in [9.17, 15) is 13.2 Å². The number of amides is 1. The minimum atomic E-state index is -4.22. The van der Waals surface area contributed by atoms with Crippen LogP contribution in [0.3, 0.4) is 0 Å². The topological polar surface area (TPSA) is 100 Å². The lowest BCUT2D eigenvalue weighted by Crippen LogP contribution is -2.34. The van der Waals surface area contributed by atoms with Crippen LogP contribution in [0.15, 0.2) is 42.7 Å². The maximum absolute atomic E-state index is 12.2. The number of rotatable bonds is 7. The molecule has 0 saturated carbocycles. The molecule has 2 rings (SSSR count). The Morgan fingerprint density at radius 2 is 2.04 bits per heavy atom. The summed E-state index contributed by atoms with van der Waals surface area (Å²) in [5.41, 5.74) is 1.28. The number of sulfonamides is 1. The average molecular weight is 383 g/mol. The van der Waals surface area contributed by atoms with E-state index in [-0.39, 0.29) is 5.69 Å². The minimum Gasteiger partial charge on any atom is -0.354 e. The van der Waals surface area contributed by atoms with E-state index < -0.39 is 15.3 Å². The molecule has 3 N–H and O–H groups in total. The summed E-state index contributed by atoms with van der Waals surface area (Å²) in [5.74, 6) is 0. The molecular formula is C16H19ClN4O3S. The highest BCUT2D eigenvalue weighted by molar-refractivity contribution is 8.07. The van der Waals surface area contributed by atoms with E-state index in [1.807, 2.05) is 6.92 Å². The van der Waals surface area contributed by atoms with Crippen molar-refractivity contribution in [1.82, 2.24) is 10.3 Å². The van der Waals surface area contributed by atoms with Gasteiger partial charge in [0.15, 0.2) is 0 Å². The molecule has 134 valence electrons. The van der Waals surface area contributed by atoms with Gasteiger partial charge in [0.1, 0.15) is 0 Å². The van der Waals surface area contributed by atoms with Gasteiger partial charge in [-0.2, -0.15) is 8.42 Å². The number of carbonyl (C=O) groups is 1. The van der Waals surface area contributed by atoms with Crippen LogP contribution in [-0.4, -0.2) is 25.2 Å². The summed E-state index contributed by atoms with van der Waals surface area (Å²) in [6.45, 7) is 2.25. The molecule has 0 unspecified atom stereocenters. The van der Waals surface area contributed by atoms with E-state index in [0.29, 0.717) is 29.4 Å². The van der Waals surface area contributed by atoms with Crippen molar-refractivity contribution in [3.8, 4) is 0 Å². The van der Waals surface area contributed by atoms with Crippen molar-refractivity contribution < 1.29 is 13.2 Å². The fraction of sp³-hybridized carbons (Fsp3) is 0.250. The highest BCUT2D eigenvalue weighted by atomic mass is 35.5. The maximum atomic E-state index is 12.2. The number of carbonyl (C=O) groups excluding carboxylic acids is 1. The Labute approximate surface area is 151 Å². The van der Waals surface area contributed by atoms with Gasteiger partial charge in [-0.05, 0) is 30.7 Å². The number of halogens is 1. The van der Waals surface area contributed by atoms with Crippen molar-refractivity contribution in [3.63, 3.8) is 0 Å². The van der Waals surface area contributed by atoms with E-state index in [0.717, 1.165) is 6.42 Å². The van der Waals surface area contributed by atoms with Crippen LogP contribution in [0.2, 0.25) is 5.02 Å². The van der Waals surface area contributed by atoms with Crippen LogP contribution in [0.1, 0.15) is 19.8 Å². The van der Waals surface area contributed by atoms with Gasteiger partial charge in [-0.15, -0.1) is 0 Å². The zero-order valence-corrected chi connectivity index (χ0v) is 15.2. The lowest BCUT2D eigenvalue weighted by molar-refractivity contribution is 0.258. The lowest BCUT2D eigenvalue weighted by Gasteiger charge is -2.13. The first kappa shape index (κ1) is 19.0. The number of hydrogen-bond donors (Lipinski definition) is 3. The molecule has 1 heterocycles. The number of hydrogen-bond acceptors (Lipinski definition) is 5. The summed E-state index contributed by atoms with van der Waals surface area (Å²) in [7, 11) is -4.22. The molecule has 1 amide bonds. The number of anilines is 3. The number of pyridine rings is 1. The van der Waals surface area contributed by atoms with E-state index in [1.165, 1.54) is 12.4 Å². The van der Waals surface area contributed by atoms with Crippen molar-refractivity contribution in [2.75, 3.05) is 16.6 Å². The molecule has 9 heteroatoms. The third-order valence-corrected chi connectivity index (χ3v) is 4.57. The maximum Gasteiger partial charge on any atom is 0.357 e. The largest absolute Gasteiger partial charge is 0.357 e. The van der Waals surface area contributed by atoms with Gasteiger partial charge in [-0.3, -0.25) is 14.5 Å². The lowest BCUT2D eigenvalue weighted by atomic mass is 10.3. The molecule has 2 aromatic rings. The summed E-state index contributed by atoms with van der Waals surface area (Å²) in [4.78, 5) is 15.7. The Bertz CT molecular complexity index is 843. The van der Waals surface area contributed by atoms with Crippen LogP contribution in [0.5, 0.6) is 0 Å². The zero-order valence-electron chi connectivity index (χ0n) is 13.6. The van der Waals surface area contributed by atoms with Gasteiger partial charge < -0.3 is 10.6 Å². The number of unbranched alkanes of at least 4 members (excludes halogenated alkanes) is 1. The zero-order chi connectivity index (χ0) is 18.3. The van der Waals surface area contributed by atoms with Crippen molar-refractivity contribution in [1.29, 1.82) is 0 Å². The van der Waals surface area contributed by atoms with Crippen LogP contribution in [-0.2, 0) is 10.0 Å².